The van der Waals surface area contributed by atoms with Gasteiger partial charge in [0.05, 0.1) is 12.7 Å². The number of nitrogens with one attached hydrogen (secondary N) is 2. The van der Waals surface area contributed by atoms with Gasteiger partial charge in [-0.25, -0.2) is 0 Å². The van der Waals surface area contributed by atoms with Crippen molar-refractivity contribution in [2.24, 2.45) is 0 Å². The Balaban J connectivity index is 2.44. The van der Waals surface area contributed by atoms with E-state index in [0.29, 0.717) is 26.1 Å². The van der Waals surface area contributed by atoms with Crippen molar-refractivity contribution in [2.45, 2.75) is 19.4 Å². The summed E-state index contributed by atoms with van der Waals surface area (Å²) in [5, 5.41) is 15.8. The smallest absolute Gasteiger partial charge is 0.224 e. The van der Waals surface area contributed by atoms with Crippen molar-refractivity contribution in [3.8, 4) is 0 Å². The molecule has 0 heterocycles. The Labute approximate surface area is 114 Å². The molecule has 0 aliphatic rings. The molecule has 0 spiro atoms. The second-order valence-corrected chi connectivity index (χ2v) is 4.24. The molecule has 19 heavy (non-hydrogen) atoms. The van der Waals surface area contributed by atoms with E-state index >= 15 is 0 Å². The zero-order chi connectivity index (χ0) is 14.1. The highest BCUT2D eigenvalue weighted by atomic mass is 16.5. The molecule has 1 rings (SSSR count). The summed E-state index contributed by atoms with van der Waals surface area (Å²) >= 11 is 0. The Morgan fingerprint density at radius 3 is 2.63 bits per heavy atom. The van der Waals surface area contributed by atoms with E-state index in [4.69, 9.17) is 4.74 Å². The molecule has 0 aliphatic carbocycles. The maximum Gasteiger partial charge on any atom is 0.224 e. The number of aliphatic hydroxyl groups is 1. The van der Waals surface area contributed by atoms with Gasteiger partial charge in [-0.15, -0.1) is 0 Å². The normalized spacial score (nSPS) is 12.2. The second-order valence-electron chi connectivity index (χ2n) is 4.24. The standard InChI is InChI=1S/C14H22N2O3/c1-3-14(18)16-12-6-4-11(5-7-12)13(17)10-15-8-9-19-2/h4-7,13,15,17H,3,8-10H2,1-2H3,(H,16,18). The van der Waals surface area contributed by atoms with E-state index in [0.717, 1.165) is 11.3 Å². The van der Waals surface area contributed by atoms with Gasteiger partial charge in [0.1, 0.15) is 0 Å². The molecule has 5 nitrogen and oxygen atoms in total. The Hall–Kier alpha value is -1.43. The van der Waals surface area contributed by atoms with Crippen LogP contribution in [0.25, 0.3) is 0 Å². The van der Waals surface area contributed by atoms with E-state index in [2.05, 4.69) is 10.6 Å². The number of aliphatic hydroxyl groups excluding tert-OH is 1. The highest BCUT2D eigenvalue weighted by Gasteiger charge is 2.07. The number of methoxy groups -OCH3 is 1. The van der Waals surface area contributed by atoms with Gasteiger partial charge in [0.15, 0.2) is 0 Å². The fourth-order valence-corrected chi connectivity index (χ4v) is 1.57. The van der Waals surface area contributed by atoms with Crippen LogP contribution in [0.3, 0.4) is 0 Å². The van der Waals surface area contributed by atoms with Gasteiger partial charge in [0.25, 0.3) is 0 Å². The van der Waals surface area contributed by atoms with Gasteiger partial charge in [-0.05, 0) is 17.7 Å². The zero-order valence-corrected chi connectivity index (χ0v) is 11.5. The lowest BCUT2D eigenvalue weighted by molar-refractivity contribution is -0.115. The molecule has 0 bridgehead atoms. The van der Waals surface area contributed by atoms with E-state index in [-0.39, 0.29) is 5.91 Å². The number of carbonyl (C=O) groups excluding carboxylic acids is 1. The van der Waals surface area contributed by atoms with E-state index in [1.807, 2.05) is 12.1 Å². The Morgan fingerprint density at radius 2 is 2.05 bits per heavy atom. The minimum Gasteiger partial charge on any atom is -0.387 e. The largest absolute Gasteiger partial charge is 0.387 e. The van der Waals surface area contributed by atoms with Crippen LogP contribution < -0.4 is 10.6 Å². The summed E-state index contributed by atoms with van der Waals surface area (Å²) in [6.07, 6.45) is -0.110. The van der Waals surface area contributed by atoms with E-state index < -0.39 is 6.10 Å². The number of ether oxygens (including phenoxy) is 1. The molecule has 5 heteroatoms. The van der Waals surface area contributed by atoms with Crippen LogP contribution in [0, 0.1) is 0 Å². The molecule has 1 aromatic carbocycles. The number of hydrogen-bond acceptors (Lipinski definition) is 4. The first-order valence-electron chi connectivity index (χ1n) is 6.45. The average Bonchev–Trinajstić information content (AvgIpc) is 2.44. The van der Waals surface area contributed by atoms with Gasteiger partial charge < -0.3 is 20.5 Å². The zero-order valence-electron chi connectivity index (χ0n) is 11.5. The predicted molar refractivity (Wildman–Crippen MR) is 75.1 cm³/mol. The molecule has 3 N–H and O–H groups in total. The molecule has 1 aromatic rings. The number of hydrogen-bond donors (Lipinski definition) is 3. The Bertz CT molecular complexity index is 379. The predicted octanol–water partition coefficient (Wildman–Crippen LogP) is 1.30. The molecule has 106 valence electrons. The summed E-state index contributed by atoms with van der Waals surface area (Å²) in [4.78, 5) is 11.2. The van der Waals surface area contributed by atoms with Crippen molar-refractivity contribution in [3.05, 3.63) is 29.8 Å². The second kappa shape index (κ2) is 8.63. The van der Waals surface area contributed by atoms with Gasteiger partial charge in [-0.2, -0.15) is 0 Å². The van der Waals surface area contributed by atoms with Crippen molar-refractivity contribution in [1.82, 2.24) is 5.32 Å². The molecule has 0 fully saturated rings. The van der Waals surface area contributed by atoms with Crippen LogP contribution in [0.5, 0.6) is 0 Å². The van der Waals surface area contributed by atoms with Crippen molar-refractivity contribution in [1.29, 1.82) is 0 Å². The van der Waals surface area contributed by atoms with Crippen LogP contribution in [0.4, 0.5) is 5.69 Å². The molecular formula is C14H22N2O3. The van der Waals surface area contributed by atoms with Gasteiger partial charge in [-0.3, -0.25) is 4.79 Å². The van der Waals surface area contributed by atoms with Crippen LogP contribution in [-0.4, -0.2) is 37.8 Å². The molecule has 0 saturated heterocycles. The molecule has 0 radical (unpaired) electrons. The highest BCUT2D eigenvalue weighted by Crippen LogP contribution is 2.15. The minimum atomic E-state index is -0.562. The fourth-order valence-electron chi connectivity index (χ4n) is 1.57. The average molecular weight is 266 g/mol. The van der Waals surface area contributed by atoms with Crippen molar-refractivity contribution < 1.29 is 14.6 Å². The number of anilines is 1. The SMILES string of the molecule is CCC(=O)Nc1ccc(C(O)CNCCOC)cc1. The summed E-state index contributed by atoms with van der Waals surface area (Å²) in [6.45, 7) is 3.61. The quantitative estimate of drug-likeness (QED) is 0.620. The molecule has 0 aliphatic heterocycles. The first kappa shape index (κ1) is 15.6. The summed E-state index contributed by atoms with van der Waals surface area (Å²) in [6, 6.07) is 7.21. The van der Waals surface area contributed by atoms with Crippen molar-refractivity contribution in [2.75, 3.05) is 32.1 Å². The van der Waals surface area contributed by atoms with Gasteiger partial charge in [0, 0.05) is 32.3 Å². The third-order valence-corrected chi connectivity index (χ3v) is 2.72. The van der Waals surface area contributed by atoms with Gasteiger partial charge in [-0.1, -0.05) is 19.1 Å². The molecule has 1 atom stereocenters. The number of benzene rings is 1. The Morgan fingerprint density at radius 1 is 1.37 bits per heavy atom. The van der Waals surface area contributed by atoms with Crippen molar-refractivity contribution >= 4 is 11.6 Å². The summed E-state index contributed by atoms with van der Waals surface area (Å²) in [5.74, 6) is -0.0190. The monoisotopic (exact) mass is 266 g/mol. The van der Waals surface area contributed by atoms with Crippen LogP contribution in [-0.2, 0) is 9.53 Å². The molecular weight excluding hydrogens is 244 g/mol. The number of carbonyl (C=O) groups is 1. The summed E-state index contributed by atoms with van der Waals surface area (Å²) in [5.41, 5.74) is 1.56. The van der Waals surface area contributed by atoms with E-state index in [9.17, 15) is 9.90 Å². The lowest BCUT2D eigenvalue weighted by Crippen LogP contribution is -2.24. The topological polar surface area (TPSA) is 70.6 Å². The van der Waals surface area contributed by atoms with Gasteiger partial charge in [0.2, 0.25) is 5.91 Å². The minimum absolute atomic E-state index is 0.0190. The lowest BCUT2D eigenvalue weighted by atomic mass is 10.1. The maximum atomic E-state index is 11.2. The van der Waals surface area contributed by atoms with Crippen LogP contribution in [0.1, 0.15) is 25.0 Å². The van der Waals surface area contributed by atoms with Gasteiger partial charge >= 0.3 is 0 Å². The third-order valence-electron chi connectivity index (χ3n) is 2.72. The molecule has 1 amide bonds. The third kappa shape index (κ3) is 5.83. The van der Waals surface area contributed by atoms with E-state index in [1.54, 1.807) is 26.2 Å². The first-order valence-corrected chi connectivity index (χ1v) is 6.45. The van der Waals surface area contributed by atoms with Crippen LogP contribution in [0.15, 0.2) is 24.3 Å². The fraction of sp³-hybridized carbons (Fsp3) is 0.500. The first-order chi connectivity index (χ1) is 9.17. The maximum absolute atomic E-state index is 11.2. The van der Waals surface area contributed by atoms with Crippen LogP contribution >= 0.6 is 0 Å². The molecule has 0 saturated carbocycles. The highest BCUT2D eigenvalue weighted by molar-refractivity contribution is 5.90. The molecule has 1 unspecified atom stereocenters. The van der Waals surface area contributed by atoms with Crippen LogP contribution in [0.2, 0.25) is 0 Å². The van der Waals surface area contributed by atoms with Crippen molar-refractivity contribution in [3.63, 3.8) is 0 Å². The number of rotatable bonds is 8. The lowest BCUT2D eigenvalue weighted by Gasteiger charge is -2.13. The van der Waals surface area contributed by atoms with E-state index in [1.165, 1.54) is 0 Å². The molecule has 0 aromatic heterocycles. The number of amides is 1. The summed E-state index contributed by atoms with van der Waals surface area (Å²) < 4.78 is 4.91. The Kier molecular flexibility index (Phi) is 7.10. The summed E-state index contributed by atoms with van der Waals surface area (Å²) in [7, 11) is 1.64.